The van der Waals surface area contributed by atoms with Crippen LogP contribution in [0.5, 0.6) is 5.75 Å². The number of aromatic nitrogens is 2. The van der Waals surface area contributed by atoms with Gasteiger partial charge in [-0.1, -0.05) is 18.2 Å². The van der Waals surface area contributed by atoms with Gasteiger partial charge in [-0.3, -0.25) is 4.68 Å². The summed E-state index contributed by atoms with van der Waals surface area (Å²) in [5.41, 5.74) is 1.83. The summed E-state index contributed by atoms with van der Waals surface area (Å²) in [4.78, 5) is 14.3. The SMILES string of the molecule is C[C@H](NC(=O)Nc1cnn(CCN(C)C)c1)[C@@H]1COc2ccccc21. The lowest BCUT2D eigenvalue weighted by molar-refractivity contribution is 0.244. The molecule has 0 aliphatic carbocycles. The summed E-state index contributed by atoms with van der Waals surface area (Å²) >= 11 is 0. The van der Waals surface area contributed by atoms with Crippen LogP contribution in [-0.4, -0.2) is 54.0 Å². The first-order valence-electron chi connectivity index (χ1n) is 8.49. The van der Waals surface area contributed by atoms with Crippen molar-refractivity contribution in [2.75, 3.05) is 32.6 Å². The van der Waals surface area contributed by atoms with E-state index in [1.54, 1.807) is 6.20 Å². The average molecular weight is 343 g/mol. The molecule has 7 heteroatoms. The third-order valence-electron chi connectivity index (χ3n) is 4.37. The average Bonchev–Trinajstić information content (AvgIpc) is 3.19. The zero-order chi connectivity index (χ0) is 17.8. The first-order valence-corrected chi connectivity index (χ1v) is 8.49. The molecule has 1 aromatic heterocycles. The Labute approximate surface area is 148 Å². The van der Waals surface area contributed by atoms with Gasteiger partial charge in [-0.05, 0) is 27.1 Å². The monoisotopic (exact) mass is 343 g/mol. The third-order valence-corrected chi connectivity index (χ3v) is 4.37. The summed E-state index contributed by atoms with van der Waals surface area (Å²) in [6.45, 7) is 4.26. The van der Waals surface area contributed by atoms with Crippen LogP contribution in [0.4, 0.5) is 10.5 Å². The summed E-state index contributed by atoms with van der Waals surface area (Å²) in [5.74, 6) is 1.06. The van der Waals surface area contributed by atoms with E-state index in [1.165, 1.54) is 0 Å². The van der Waals surface area contributed by atoms with E-state index >= 15 is 0 Å². The Hall–Kier alpha value is -2.54. The predicted molar refractivity (Wildman–Crippen MR) is 97.1 cm³/mol. The van der Waals surface area contributed by atoms with Crippen LogP contribution in [0, 0.1) is 0 Å². The van der Waals surface area contributed by atoms with Crippen LogP contribution in [0.15, 0.2) is 36.7 Å². The number of fused-ring (bicyclic) bond motifs is 1. The molecule has 0 fully saturated rings. The Balaban J connectivity index is 1.53. The lowest BCUT2D eigenvalue weighted by Gasteiger charge is -2.20. The topological polar surface area (TPSA) is 71.4 Å². The van der Waals surface area contributed by atoms with Crippen LogP contribution in [0.1, 0.15) is 18.4 Å². The number of amides is 2. The molecule has 1 aliphatic heterocycles. The molecule has 0 spiro atoms. The maximum Gasteiger partial charge on any atom is 0.319 e. The molecular weight excluding hydrogens is 318 g/mol. The van der Waals surface area contributed by atoms with Crippen molar-refractivity contribution in [1.29, 1.82) is 0 Å². The number of nitrogens with one attached hydrogen (secondary N) is 2. The lowest BCUT2D eigenvalue weighted by atomic mass is 9.94. The number of carbonyl (C=O) groups is 1. The molecule has 1 aliphatic rings. The van der Waals surface area contributed by atoms with E-state index in [4.69, 9.17) is 4.74 Å². The molecular formula is C18H25N5O2. The molecule has 2 N–H and O–H groups in total. The summed E-state index contributed by atoms with van der Waals surface area (Å²) in [5, 5.41) is 10.1. The number of likely N-dealkylation sites (N-methyl/N-ethyl adjacent to an activating group) is 1. The number of hydrogen-bond donors (Lipinski definition) is 2. The Kier molecular flexibility index (Phi) is 5.23. The Morgan fingerprint density at radius 1 is 1.44 bits per heavy atom. The molecule has 0 saturated carbocycles. The highest BCUT2D eigenvalue weighted by atomic mass is 16.5. The normalized spacial score (nSPS) is 17.0. The van der Waals surface area contributed by atoms with Crippen molar-refractivity contribution in [1.82, 2.24) is 20.0 Å². The van der Waals surface area contributed by atoms with Gasteiger partial charge in [-0.15, -0.1) is 0 Å². The summed E-state index contributed by atoms with van der Waals surface area (Å²) in [6, 6.07) is 7.70. The number of carbonyl (C=O) groups excluding carboxylic acids is 1. The number of rotatable bonds is 6. The lowest BCUT2D eigenvalue weighted by Crippen LogP contribution is -2.40. The molecule has 0 bridgehead atoms. The molecule has 2 amide bonds. The minimum absolute atomic E-state index is 0.0348. The van der Waals surface area contributed by atoms with Crippen LogP contribution in [0.3, 0.4) is 0 Å². The summed E-state index contributed by atoms with van der Waals surface area (Å²) in [7, 11) is 4.03. The second-order valence-electron chi connectivity index (χ2n) is 6.64. The fourth-order valence-corrected chi connectivity index (χ4v) is 2.93. The van der Waals surface area contributed by atoms with E-state index in [0.29, 0.717) is 12.3 Å². The van der Waals surface area contributed by atoms with Crippen molar-refractivity contribution in [3.8, 4) is 5.75 Å². The molecule has 0 saturated heterocycles. The molecule has 25 heavy (non-hydrogen) atoms. The highest BCUT2D eigenvalue weighted by Crippen LogP contribution is 2.35. The van der Waals surface area contributed by atoms with Crippen molar-refractivity contribution in [3.05, 3.63) is 42.2 Å². The van der Waals surface area contributed by atoms with Gasteiger partial charge in [0, 0.05) is 30.3 Å². The molecule has 2 heterocycles. The molecule has 2 atom stereocenters. The first kappa shape index (κ1) is 17.3. The van der Waals surface area contributed by atoms with Crippen LogP contribution < -0.4 is 15.4 Å². The number of urea groups is 1. The predicted octanol–water partition coefficient (Wildman–Crippen LogP) is 2.13. The second-order valence-corrected chi connectivity index (χ2v) is 6.64. The van der Waals surface area contributed by atoms with E-state index in [-0.39, 0.29) is 18.0 Å². The Bertz CT molecular complexity index is 728. The van der Waals surface area contributed by atoms with Crippen molar-refractivity contribution >= 4 is 11.7 Å². The van der Waals surface area contributed by atoms with Gasteiger partial charge in [-0.25, -0.2) is 4.79 Å². The molecule has 3 rings (SSSR count). The van der Waals surface area contributed by atoms with Gasteiger partial charge in [-0.2, -0.15) is 5.10 Å². The standard InChI is InChI=1S/C18H25N5O2/c1-13(16-12-25-17-7-5-4-6-15(16)17)20-18(24)21-14-10-19-23(11-14)9-8-22(2)3/h4-7,10-11,13,16H,8-9,12H2,1-3H3,(H2,20,21,24)/t13-,16-/m0/s1. The maximum absolute atomic E-state index is 12.3. The summed E-state index contributed by atoms with van der Waals surface area (Å²) < 4.78 is 7.51. The van der Waals surface area contributed by atoms with Gasteiger partial charge in [0.05, 0.1) is 25.0 Å². The van der Waals surface area contributed by atoms with E-state index in [2.05, 4.69) is 26.7 Å². The van der Waals surface area contributed by atoms with Gasteiger partial charge in [0.1, 0.15) is 5.75 Å². The largest absolute Gasteiger partial charge is 0.493 e. The zero-order valence-electron chi connectivity index (χ0n) is 14.9. The Morgan fingerprint density at radius 2 is 2.24 bits per heavy atom. The highest BCUT2D eigenvalue weighted by molar-refractivity contribution is 5.89. The minimum Gasteiger partial charge on any atom is -0.493 e. The zero-order valence-corrected chi connectivity index (χ0v) is 14.9. The number of hydrogen-bond acceptors (Lipinski definition) is 4. The Morgan fingerprint density at radius 3 is 3.04 bits per heavy atom. The molecule has 7 nitrogen and oxygen atoms in total. The van der Waals surface area contributed by atoms with Gasteiger partial charge < -0.3 is 20.3 Å². The highest BCUT2D eigenvalue weighted by Gasteiger charge is 2.29. The minimum atomic E-state index is -0.232. The molecule has 1 aromatic carbocycles. The fraction of sp³-hybridized carbons (Fsp3) is 0.444. The van der Waals surface area contributed by atoms with Gasteiger partial charge in [0.15, 0.2) is 0 Å². The van der Waals surface area contributed by atoms with Crippen LogP contribution in [0.2, 0.25) is 0 Å². The number of benzene rings is 1. The van der Waals surface area contributed by atoms with E-state index in [9.17, 15) is 4.79 Å². The number of ether oxygens (including phenoxy) is 1. The van der Waals surface area contributed by atoms with E-state index in [1.807, 2.05) is 50.1 Å². The number of nitrogens with zero attached hydrogens (tertiary/aromatic N) is 3. The molecule has 134 valence electrons. The van der Waals surface area contributed by atoms with E-state index < -0.39 is 0 Å². The van der Waals surface area contributed by atoms with Crippen molar-refractivity contribution in [3.63, 3.8) is 0 Å². The quantitative estimate of drug-likeness (QED) is 0.843. The summed E-state index contributed by atoms with van der Waals surface area (Å²) in [6.07, 6.45) is 3.50. The van der Waals surface area contributed by atoms with Crippen molar-refractivity contribution < 1.29 is 9.53 Å². The first-order chi connectivity index (χ1) is 12.0. The van der Waals surface area contributed by atoms with Crippen LogP contribution in [0.25, 0.3) is 0 Å². The van der Waals surface area contributed by atoms with Crippen molar-refractivity contribution in [2.45, 2.75) is 25.4 Å². The van der Waals surface area contributed by atoms with Gasteiger partial charge in [0.25, 0.3) is 0 Å². The fourth-order valence-electron chi connectivity index (χ4n) is 2.93. The van der Waals surface area contributed by atoms with Crippen LogP contribution in [-0.2, 0) is 6.54 Å². The molecule has 2 aromatic rings. The van der Waals surface area contributed by atoms with Crippen molar-refractivity contribution in [2.24, 2.45) is 0 Å². The number of para-hydroxylation sites is 1. The molecule has 0 unspecified atom stereocenters. The maximum atomic E-state index is 12.3. The van der Waals surface area contributed by atoms with Gasteiger partial charge >= 0.3 is 6.03 Å². The van der Waals surface area contributed by atoms with Crippen LogP contribution >= 0.6 is 0 Å². The van der Waals surface area contributed by atoms with E-state index in [0.717, 1.165) is 24.4 Å². The van der Waals surface area contributed by atoms with Gasteiger partial charge in [0.2, 0.25) is 0 Å². The second kappa shape index (κ2) is 7.57. The molecule has 0 radical (unpaired) electrons. The third kappa shape index (κ3) is 4.30. The smallest absolute Gasteiger partial charge is 0.319 e. The number of anilines is 1.